The van der Waals surface area contributed by atoms with Gasteiger partial charge in [0.05, 0.1) is 6.20 Å². The first-order valence-corrected chi connectivity index (χ1v) is 7.97. The molecule has 1 heterocycles. The third-order valence-electron chi connectivity index (χ3n) is 3.66. The highest BCUT2D eigenvalue weighted by molar-refractivity contribution is 5.68. The Labute approximate surface area is 150 Å². The van der Waals surface area contributed by atoms with Crippen LogP contribution < -0.4 is 10.6 Å². The van der Waals surface area contributed by atoms with Gasteiger partial charge in [-0.2, -0.15) is 10.1 Å². The quantitative estimate of drug-likeness (QED) is 0.324. The summed E-state index contributed by atoms with van der Waals surface area (Å²) >= 11 is 0. The largest absolute Gasteiger partial charge is 0.504 e. The van der Waals surface area contributed by atoms with Gasteiger partial charge in [-0.25, -0.2) is 10.5 Å². The van der Waals surface area contributed by atoms with E-state index >= 15 is 0 Å². The van der Waals surface area contributed by atoms with Gasteiger partial charge in [0.25, 0.3) is 0 Å². The van der Waals surface area contributed by atoms with Crippen molar-refractivity contribution in [2.24, 2.45) is 5.11 Å². The summed E-state index contributed by atoms with van der Waals surface area (Å²) in [4.78, 5) is 8.51. The van der Waals surface area contributed by atoms with Crippen LogP contribution in [0.3, 0.4) is 0 Å². The zero-order chi connectivity index (χ0) is 18.4. The van der Waals surface area contributed by atoms with Gasteiger partial charge in [-0.3, -0.25) is 0 Å². The van der Waals surface area contributed by atoms with Crippen LogP contribution in [-0.4, -0.2) is 26.7 Å². The Bertz CT molecular complexity index is 901. The predicted molar refractivity (Wildman–Crippen MR) is 98.5 cm³/mol. The number of hydrogen-bond donors (Lipinski definition) is 5. The van der Waals surface area contributed by atoms with E-state index in [2.05, 4.69) is 25.7 Å². The normalized spacial score (nSPS) is 10.3. The van der Waals surface area contributed by atoms with E-state index < -0.39 is 0 Å². The van der Waals surface area contributed by atoms with Crippen LogP contribution >= 0.6 is 0 Å². The zero-order valence-electron chi connectivity index (χ0n) is 13.8. The Morgan fingerprint density at radius 1 is 1.04 bits per heavy atom. The van der Waals surface area contributed by atoms with Crippen molar-refractivity contribution in [3.8, 4) is 11.5 Å². The van der Waals surface area contributed by atoms with Crippen molar-refractivity contribution >= 4 is 23.1 Å². The molecule has 8 nitrogen and oxygen atoms in total. The first kappa shape index (κ1) is 17.2. The maximum atomic E-state index is 9.52. The van der Waals surface area contributed by atoms with Gasteiger partial charge >= 0.3 is 0 Å². The summed E-state index contributed by atoms with van der Waals surface area (Å²) in [6.07, 6.45) is 2.09. The van der Waals surface area contributed by atoms with Crippen LogP contribution in [-0.2, 0) is 6.42 Å². The summed E-state index contributed by atoms with van der Waals surface area (Å²) < 4.78 is 0. The number of aromatic hydroxyl groups is 2. The Hall–Kier alpha value is -3.68. The highest BCUT2D eigenvalue weighted by atomic mass is 16.3. The number of rotatable bonds is 7. The Morgan fingerprint density at radius 2 is 1.85 bits per heavy atom. The molecule has 132 valence electrons. The summed E-state index contributed by atoms with van der Waals surface area (Å²) in [5, 5.41) is 28.5. The Morgan fingerprint density at radius 3 is 2.58 bits per heavy atom. The van der Waals surface area contributed by atoms with Crippen molar-refractivity contribution in [2.75, 3.05) is 17.2 Å². The molecule has 0 aliphatic heterocycles. The molecular formula is C18H18N6O2. The lowest BCUT2D eigenvalue weighted by Gasteiger charge is -2.10. The number of hydrogen-bond acceptors (Lipinski definition) is 8. The number of nitrogens with zero attached hydrogens (tertiary/aromatic N) is 3. The lowest BCUT2D eigenvalue weighted by atomic mass is 10.1. The third kappa shape index (κ3) is 4.23. The van der Waals surface area contributed by atoms with Gasteiger partial charge in [0.15, 0.2) is 17.3 Å². The van der Waals surface area contributed by atoms with Crippen LogP contribution in [0.1, 0.15) is 5.56 Å². The average Bonchev–Trinajstić information content (AvgIpc) is 2.66. The highest BCUT2D eigenvalue weighted by Crippen LogP contribution is 2.27. The van der Waals surface area contributed by atoms with E-state index in [9.17, 15) is 10.2 Å². The molecule has 0 radical (unpaired) electrons. The highest BCUT2D eigenvalue weighted by Gasteiger charge is 2.07. The van der Waals surface area contributed by atoms with Gasteiger partial charge in [-0.1, -0.05) is 24.3 Å². The molecule has 8 heteroatoms. The van der Waals surface area contributed by atoms with Gasteiger partial charge in [0.1, 0.15) is 5.69 Å². The molecule has 2 aromatic carbocycles. The maximum absolute atomic E-state index is 9.52. The summed E-state index contributed by atoms with van der Waals surface area (Å²) in [7, 11) is 0. The number of aromatic nitrogens is 2. The van der Waals surface area contributed by atoms with Gasteiger partial charge in [0.2, 0.25) is 5.95 Å². The lowest BCUT2D eigenvalue weighted by molar-refractivity contribution is 0.403. The number of phenolic OH excluding ortho intramolecular Hbond substituents is 2. The molecule has 1 aromatic heterocycles. The summed E-state index contributed by atoms with van der Waals surface area (Å²) in [6, 6.07) is 14.2. The van der Waals surface area contributed by atoms with Crippen LogP contribution in [0.25, 0.3) is 0 Å². The molecule has 0 bridgehead atoms. The van der Waals surface area contributed by atoms with E-state index in [1.54, 1.807) is 6.07 Å². The van der Waals surface area contributed by atoms with E-state index in [1.807, 2.05) is 30.3 Å². The molecule has 0 unspecified atom stereocenters. The second-order valence-corrected chi connectivity index (χ2v) is 5.53. The van der Waals surface area contributed by atoms with Gasteiger partial charge in [0, 0.05) is 12.2 Å². The third-order valence-corrected chi connectivity index (χ3v) is 3.66. The minimum Gasteiger partial charge on any atom is -0.504 e. The molecule has 0 saturated heterocycles. The number of benzene rings is 2. The number of nitrogens with one attached hydrogen (secondary N) is 3. The van der Waals surface area contributed by atoms with Crippen molar-refractivity contribution in [3.05, 3.63) is 60.3 Å². The molecule has 0 aliphatic rings. The summed E-state index contributed by atoms with van der Waals surface area (Å²) in [5.74, 6) is 0.552. The molecule has 3 aromatic rings. The monoisotopic (exact) mass is 350 g/mol. The zero-order valence-corrected chi connectivity index (χ0v) is 13.8. The van der Waals surface area contributed by atoms with Crippen LogP contribution in [0, 0.1) is 5.53 Å². The van der Waals surface area contributed by atoms with Gasteiger partial charge < -0.3 is 20.8 Å². The smallest absolute Gasteiger partial charge is 0.224 e. The molecule has 0 fully saturated rings. The van der Waals surface area contributed by atoms with Gasteiger partial charge in [-0.15, -0.1) is 0 Å². The van der Waals surface area contributed by atoms with E-state index in [0.29, 0.717) is 30.4 Å². The van der Waals surface area contributed by atoms with E-state index in [0.717, 1.165) is 11.3 Å². The van der Waals surface area contributed by atoms with Crippen molar-refractivity contribution in [2.45, 2.75) is 6.42 Å². The van der Waals surface area contributed by atoms with Crippen LogP contribution in [0.5, 0.6) is 11.5 Å². The van der Waals surface area contributed by atoms with Crippen molar-refractivity contribution in [1.82, 2.24) is 9.97 Å². The van der Waals surface area contributed by atoms with Crippen LogP contribution in [0.15, 0.2) is 59.8 Å². The molecule has 0 aliphatic carbocycles. The molecule has 0 atom stereocenters. The van der Waals surface area contributed by atoms with Crippen LogP contribution in [0.4, 0.5) is 23.1 Å². The minimum atomic E-state index is -0.144. The Kier molecular flexibility index (Phi) is 5.23. The van der Waals surface area contributed by atoms with Crippen molar-refractivity contribution < 1.29 is 10.2 Å². The fraction of sp³-hybridized carbons (Fsp3) is 0.111. The standard InChI is InChI=1S/C18H18N6O2/c19-24-14-11-21-18(23-17(14)22-13-4-2-1-3-5-13)20-9-8-12-6-7-15(25)16(26)10-12/h1-7,10-11,19,25-26H,8-9H2,(H2,20,21,22,23). The summed E-state index contributed by atoms with van der Waals surface area (Å²) in [6.45, 7) is 0.534. The lowest BCUT2D eigenvalue weighted by Crippen LogP contribution is -2.09. The molecule has 3 rings (SSSR count). The second kappa shape index (κ2) is 7.93. The number of para-hydroxylation sites is 1. The average molecular weight is 350 g/mol. The maximum Gasteiger partial charge on any atom is 0.224 e. The fourth-order valence-electron chi connectivity index (χ4n) is 2.34. The second-order valence-electron chi connectivity index (χ2n) is 5.53. The van der Waals surface area contributed by atoms with Gasteiger partial charge in [-0.05, 0) is 36.2 Å². The number of phenols is 2. The first-order valence-electron chi connectivity index (χ1n) is 7.97. The number of anilines is 3. The Balaban J connectivity index is 1.67. The van der Waals surface area contributed by atoms with E-state index in [-0.39, 0.29) is 11.5 Å². The first-order chi connectivity index (χ1) is 12.7. The SMILES string of the molecule is N=Nc1cnc(NCCc2ccc(O)c(O)c2)nc1Nc1ccccc1. The minimum absolute atomic E-state index is 0.142. The van der Waals surface area contributed by atoms with E-state index in [1.165, 1.54) is 18.3 Å². The topological polar surface area (TPSA) is 127 Å². The molecule has 5 N–H and O–H groups in total. The van der Waals surface area contributed by atoms with Crippen LogP contribution in [0.2, 0.25) is 0 Å². The molecule has 26 heavy (non-hydrogen) atoms. The van der Waals surface area contributed by atoms with Crippen molar-refractivity contribution in [3.63, 3.8) is 0 Å². The molecule has 0 amide bonds. The molecular weight excluding hydrogens is 332 g/mol. The van der Waals surface area contributed by atoms with Crippen molar-refractivity contribution in [1.29, 1.82) is 5.53 Å². The van der Waals surface area contributed by atoms with E-state index in [4.69, 9.17) is 5.53 Å². The molecule has 0 spiro atoms. The fourth-order valence-corrected chi connectivity index (χ4v) is 2.34. The molecule has 0 saturated carbocycles. The predicted octanol–water partition coefficient (Wildman–Crippen LogP) is 3.95. The summed E-state index contributed by atoms with van der Waals surface area (Å²) in [5.41, 5.74) is 9.29.